The van der Waals surface area contributed by atoms with Crippen LogP contribution >= 0.6 is 0 Å². The fourth-order valence-electron chi connectivity index (χ4n) is 3.80. The van der Waals surface area contributed by atoms with Crippen LogP contribution in [-0.2, 0) is 0 Å². The Bertz CT molecular complexity index is 751. The van der Waals surface area contributed by atoms with Crippen LogP contribution in [0.5, 0.6) is 0 Å². The Kier molecular flexibility index (Phi) is 4.95. The quantitative estimate of drug-likeness (QED) is 0.760. The molecule has 0 bridgehead atoms. The van der Waals surface area contributed by atoms with Crippen molar-refractivity contribution < 1.29 is 0 Å². The highest BCUT2D eigenvalue weighted by molar-refractivity contribution is 7.00. The summed E-state index contributed by atoms with van der Waals surface area (Å²) in [5.74, 6) is 0. The molecule has 0 aliphatic rings. The molecule has 0 fully saturated rings. The predicted molar refractivity (Wildman–Crippen MR) is 119 cm³/mol. The Morgan fingerprint density at radius 2 is 1.00 bits per heavy atom. The third-order valence-electron chi connectivity index (χ3n) is 4.56. The molecule has 0 saturated carbocycles. The van der Waals surface area contributed by atoms with Crippen molar-refractivity contribution in [2.75, 3.05) is 38.0 Å². The molecule has 0 unspecified atom stereocenters. The van der Waals surface area contributed by atoms with Crippen molar-refractivity contribution in [1.29, 1.82) is 0 Å². The lowest BCUT2D eigenvalue weighted by Crippen LogP contribution is -2.58. The number of fused-ring (bicyclic) bond motifs is 1. The molecule has 24 heavy (non-hydrogen) atoms. The van der Waals surface area contributed by atoms with Crippen LogP contribution in [0.2, 0.25) is 39.3 Å². The van der Waals surface area contributed by atoms with Gasteiger partial charge in [0.1, 0.15) is 0 Å². The Labute approximate surface area is 150 Å². The third-order valence-corrected chi connectivity index (χ3v) is 8.81. The highest BCUT2D eigenvalue weighted by atomic mass is 28.3. The zero-order chi connectivity index (χ0) is 18.4. The maximum absolute atomic E-state index is 2.49. The molecule has 2 aromatic carbocycles. The van der Waals surface area contributed by atoms with Crippen LogP contribution in [0.15, 0.2) is 24.3 Å². The fourth-order valence-corrected chi connectivity index (χ4v) is 9.89. The smallest absolute Gasteiger partial charge is 0.0802 e. The number of nitrogens with zero attached hydrogens (tertiary/aromatic N) is 2. The van der Waals surface area contributed by atoms with E-state index in [9.17, 15) is 0 Å². The summed E-state index contributed by atoms with van der Waals surface area (Å²) >= 11 is 0. The van der Waals surface area contributed by atoms with Crippen LogP contribution < -0.4 is 20.2 Å². The van der Waals surface area contributed by atoms with E-state index >= 15 is 0 Å². The Hall–Kier alpha value is -1.27. The van der Waals surface area contributed by atoms with E-state index < -0.39 is 16.1 Å². The Balaban J connectivity index is 3.22. The highest BCUT2D eigenvalue weighted by Crippen LogP contribution is 2.35. The number of rotatable bonds is 4. The highest BCUT2D eigenvalue weighted by Gasteiger charge is 2.34. The molecule has 0 aliphatic carbocycles. The molecule has 0 aliphatic heterocycles. The first-order valence-electron chi connectivity index (χ1n) is 8.81. The molecule has 0 spiro atoms. The number of hydrogen-bond acceptors (Lipinski definition) is 2. The van der Waals surface area contributed by atoms with Crippen molar-refractivity contribution in [3.8, 4) is 0 Å². The van der Waals surface area contributed by atoms with Gasteiger partial charge in [0.2, 0.25) is 0 Å². The van der Waals surface area contributed by atoms with Gasteiger partial charge in [-0.15, -0.1) is 0 Å². The second-order valence-electron chi connectivity index (χ2n) is 9.28. The number of anilines is 2. The lowest BCUT2D eigenvalue weighted by Gasteiger charge is -2.37. The van der Waals surface area contributed by atoms with Crippen LogP contribution in [0.25, 0.3) is 10.8 Å². The third kappa shape index (κ3) is 3.26. The summed E-state index contributed by atoms with van der Waals surface area (Å²) < 4.78 is 0. The zero-order valence-electron chi connectivity index (χ0n) is 17.2. The second-order valence-corrected chi connectivity index (χ2v) is 19.3. The zero-order valence-corrected chi connectivity index (χ0v) is 19.2. The predicted octanol–water partition coefficient (Wildman–Crippen LogP) is 4.06. The molecule has 0 aromatic heterocycles. The standard InChI is InChI=1S/C20H34N2Si2/c1-21(2)17-15-13-11-12-14-16(15)19(23(5,6)7)20(24(8,9)10)18(17)22(3)4/h11-14H,1-10H3. The van der Waals surface area contributed by atoms with Crippen LogP contribution in [-0.4, -0.2) is 44.3 Å². The maximum atomic E-state index is 2.49. The van der Waals surface area contributed by atoms with E-state index in [1.807, 2.05) is 0 Å². The molecule has 0 atom stereocenters. The number of hydrogen-bond donors (Lipinski definition) is 0. The average molecular weight is 359 g/mol. The maximum Gasteiger partial charge on any atom is 0.0802 e. The van der Waals surface area contributed by atoms with E-state index in [4.69, 9.17) is 0 Å². The first-order chi connectivity index (χ1) is 10.9. The topological polar surface area (TPSA) is 6.48 Å². The van der Waals surface area contributed by atoms with Gasteiger partial charge in [0.15, 0.2) is 0 Å². The van der Waals surface area contributed by atoms with Gasteiger partial charge >= 0.3 is 0 Å². The lowest BCUT2D eigenvalue weighted by molar-refractivity contribution is 1.09. The minimum atomic E-state index is -1.52. The number of benzene rings is 2. The van der Waals surface area contributed by atoms with Crippen LogP contribution in [0, 0.1) is 0 Å². The Morgan fingerprint density at radius 3 is 1.38 bits per heavy atom. The van der Waals surface area contributed by atoms with Gasteiger partial charge in [0.25, 0.3) is 0 Å². The van der Waals surface area contributed by atoms with E-state index in [0.29, 0.717) is 0 Å². The van der Waals surface area contributed by atoms with E-state index in [2.05, 4.69) is 102 Å². The molecular weight excluding hydrogens is 324 g/mol. The molecule has 0 radical (unpaired) electrons. The monoisotopic (exact) mass is 358 g/mol. The van der Waals surface area contributed by atoms with Crippen molar-refractivity contribution in [3.63, 3.8) is 0 Å². The summed E-state index contributed by atoms with van der Waals surface area (Å²) in [4.78, 5) is 4.65. The molecule has 0 heterocycles. The van der Waals surface area contributed by atoms with Gasteiger partial charge < -0.3 is 9.80 Å². The molecule has 0 N–H and O–H groups in total. The van der Waals surface area contributed by atoms with E-state index in [-0.39, 0.29) is 0 Å². The first kappa shape index (κ1) is 19.1. The summed E-state index contributed by atoms with van der Waals surface area (Å²) in [6.07, 6.45) is 0. The molecule has 2 nitrogen and oxygen atoms in total. The van der Waals surface area contributed by atoms with Crippen LogP contribution in [0.1, 0.15) is 0 Å². The van der Waals surface area contributed by atoms with Gasteiger partial charge in [0, 0.05) is 33.6 Å². The molecule has 2 aromatic rings. The summed E-state index contributed by atoms with van der Waals surface area (Å²) in [6.45, 7) is 15.0. The van der Waals surface area contributed by atoms with Crippen molar-refractivity contribution in [2.45, 2.75) is 39.3 Å². The summed E-state index contributed by atoms with van der Waals surface area (Å²) in [5, 5.41) is 6.20. The van der Waals surface area contributed by atoms with Crippen molar-refractivity contribution in [3.05, 3.63) is 24.3 Å². The van der Waals surface area contributed by atoms with Gasteiger partial charge in [-0.3, -0.25) is 0 Å². The largest absolute Gasteiger partial charge is 0.376 e. The van der Waals surface area contributed by atoms with Crippen LogP contribution in [0.4, 0.5) is 11.4 Å². The van der Waals surface area contributed by atoms with Gasteiger partial charge in [-0.1, -0.05) is 68.7 Å². The molecule has 0 amide bonds. The van der Waals surface area contributed by atoms with E-state index in [0.717, 1.165) is 0 Å². The summed E-state index contributed by atoms with van der Waals surface area (Å²) in [5.41, 5.74) is 2.81. The van der Waals surface area contributed by atoms with E-state index in [1.165, 1.54) is 22.1 Å². The summed E-state index contributed by atoms with van der Waals surface area (Å²) in [7, 11) is 5.74. The minimum absolute atomic E-state index is 1.37. The van der Waals surface area contributed by atoms with Crippen molar-refractivity contribution >= 4 is 48.7 Å². The fraction of sp³-hybridized carbons (Fsp3) is 0.500. The average Bonchev–Trinajstić information content (AvgIpc) is 2.41. The molecule has 132 valence electrons. The molecule has 4 heteroatoms. The van der Waals surface area contributed by atoms with Gasteiger partial charge in [-0.2, -0.15) is 0 Å². The molecule has 0 saturated heterocycles. The second kappa shape index (κ2) is 6.23. The van der Waals surface area contributed by atoms with E-state index in [1.54, 1.807) is 10.4 Å². The molecular formula is C20H34N2Si2. The van der Waals surface area contributed by atoms with Crippen molar-refractivity contribution in [1.82, 2.24) is 0 Å². The Morgan fingerprint density at radius 1 is 0.583 bits per heavy atom. The minimum Gasteiger partial charge on any atom is -0.376 e. The van der Waals surface area contributed by atoms with Gasteiger partial charge in [-0.25, -0.2) is 0 Å². The molecule has 2 rings (SSSR count). The normalized spacial score (nSPS) is 12.6. The SMILES string of the molecule is CN(C)c1c([Si](C)(C)C)c([Si](C)(C)C)c2ccccc2c1N(C)C. The lowest BCUT2D eigenvalue weighted by atomic mass is 10.1. The summed E-state index contributed by atoms with van der Waals surface area (Å²) in [6, 6.07) is 9.03. The van der Waals surface area contributed by atoms with Crippen LogP contribution in [0.3, 0.4) is 0 Å². The first-order valence-corrected chi connectivity index (χ1v) is 15.8. The van der Waals surface area contributed by atoms with Gasteiger partial charge in [-0.05, 0) is 10.6 Å². The van der Waals surface area contributed by atoms with Gasteiger partial charge in [0.05, 0.1) is 27.5 Å². The van der Waals surface area contributed by atoms with Crippen molar-refractivity contribution in [2.24, 2.45) is 0 Å².